The number of benzene rings is 11. The van der Waals surface area contributed by atoms with Crippen molar-refractivity contribution in [3.63, 3.8) is 0 Å². The second-order valence-corrected chi connectivity index (χ2v) is 45.0. The zero-order valence-corrected chi connectivity index (χ0v) is 87.0. The number of aryl methyl sites for hydroxylation is 2. The maximum atomic E-state index is 13.4. The molecule has 0 amide bonds. The van der Waals surface area contributed by atoms with E-state index in [1.807, 2.05) is 77.9 Å². The molecule has 732 valence electrons. The van der Waals surface area contributed by atoms with Crippen LogP contribution in [-0.4, -0.2) is 0 Å². The van der Waals surface area contributed by atoms with E-state index in [9.17, 15) is 79.0 Å². The number of rotatable bonds is 0. The molecule has 0 aliphatic rings. The number of hydrogen-bond donors (Lipinski definition) is 0. The van der Waals surface area contributed by atoms with Gasteiger partial charge in [0.1, 0.15) is 69.8 Å². The minimum atomic E-state index is -1.41. The Bertz CT molecular complexity index is 5310. The van der Waals surface area contributed by atoms with E-state index >= 15 is 0 Å². The summed E-state index contributed by atoms with van der Waals surface area (Å²) in [6.45, 7) is 68.5. The van der Waals surface area contributed by atoms with Gasteiger partial charge in [0.15, 0.2) is 34.9 Å². The van der Waals surface area contributed by atoms with Gasteiger partial charge >= 0.3 is 0 Å². The molecular weight excluding hydrogens is 1840 g/mol. The number of halogens is 21. The quantitative estimate of drug-likeness (QED) is 0.105. The van der Waals surface area contributed by atoms with Crippen LogP contribution in [0.5, 0.6) is 0 Å². The summed E-state index contributed by atoms with van der Waals surface area (Å²) in [7, 11) is 0. The molecule has 0 nitrogen and oxygen atoms in total. The van der Waals surface area contributed by atoms with Gasteiger partial charge in [-0.1, -0.05) is 343 Å². The van der Waals surface area contributed by atoms with Crippen LogP contribution in [0.1, 0.15) is 301 Å². The SMILES string of the molecule is CC(C)(C)c1c(F)cc(F)cc1F.CC(C)(C)c1c(F)cccc1F.CC(C)(C)c1cc(F)c(F)c(F)c1.CC(C)(C)c1ccc(F)c(Br)c1.CC(C)(C)c1ccc(F)c(Cl)c1.CC(C)(C)c1ccc(F)c(F)c1F.CC(C)(C)c1ccc(F)cc1.CC(C)(C)c1ccc(F)cc1F.CC(C)(C)c1cccc(Cl)c1F.Cc1cc(C(C)(C)C)ccc1F.Cc1ccccc1C(C)(C)C. The van der Waals surface area contributed by atoms with Gasteiger partial charge in [0.25, 0.3) is 0 Å². The molecule has 11 aromatic carbocycles. The van der Waals surface area contributed by atoms with Gasteiger partial charge in [0.05, 0.1) is 14.5 Å². The topological polar surface area (TPSA) is 0 Å². The van der Waals surface area contributed by atoms with Crippen molar-refractivity contribution in [2.45, 2.75) is 302 Å². The molecule has 0 saturated carbocycles. The summed E-state index contributed by atoms with van der Waals surface area (Å²) < 4.78 is 232. The van der Waals surface area contributed by atoms with Crippen LogP contribution in [-0.2, 0) is 59.6 Å². The van der Waals surface area contributed by atoms with Crippen molar-refractivity contribution in [2.24, 2.45) is 0 Å². The Balaban J connectivity index is 0.000000732. The normalized spacial score (nSPS) is 11.8. The van der Waals surface area contributed by atoms with E-state index in [1.54, 1.807) is 120 Å². The summed E-state index contributed by atoms with van der Waals surface area (Å²) in [5.41, 5.74) is 8.16. The second kappa shape index (κ2) is 50.3. The highest BCUT2D eigenvalue weighted by molar-refractivity contribution is 9.10. The lowest BCUT2D eigenvalue weighted by Gasteiger charge is -2.21. The third-order valence-corrected chi connectivity index (χ3v) is 21.1. The molecule has 0 unspecified atom stereocenters. The van der Waals surface area contributed by atoms with Crippen molar-refractivity contribution >= 4 is 39.1 Å². The second-order valence-electron chi connectivity index (χ2n) is 43.3. The van der Waals surface area contributed by atoms with Crippen LogP contribution >= 0.6 is 39.1 Å². The van der Waals surface area contributed by atoms with Gasteiger partial charge in [-0.3, -0.25) is 0 Å². The first kappa shape index (κ1) is 122. The van der Waals surface area contributed by atoms with Crippen LogP contribution in [0.3, 0.4) is 0 Å². The molecule has 0 aromatic heterocycles. The summed E-state index contributed by atoms with van der Waals surface area (Å²) in [4.78, 5) is 0. The Morgan fingerprint density at radius 3 is 0.887 bits per heavy atom. The lowest BCUT2D eigenvalue weighted by molar-refractivity contribution is 0.423. The van der Waals surface area contributed by atoms with Crippen molar-refractivity contribution < 1.29 is 79.0 Å². The Hall–Kier alpha value is -8.78. The van der Waals surface area contributed by atoms with Crippen LogP contribution in [0, 0.1) is 119 Å². The maximum absolute atomic E-state index is 13.4. The molecule has 0 radical (unpaired) electrons. The van der Waals surface area contributed by atoms with E-state index in [0.717, 1.165) is 41.0 Å². The van der Waals surface area contributed by atoms with E-state index in [4.69, 9.17) is 23.2 Å². The van der Waals surface area contributed by atoms with Crippen molar-refractivity contribution in [3.8, 4) is 0 Å². The van der Waals surface area contributed by atoms with Gasteiger partial charge in [-0.25, -0.2) is 79.0 Å². The molecule has 21 heteroatoms. The minimum absolute atomic E-state index is 0.0251. The van der Waals surface area contributed by atoms with Crippen LogP contribution in [0.4, 0.5) is 79.0 Å². The molecule has 11 aromatic rings. The molecule has 0 heterocycles. The summed E-state index contributed by atoms with van der Waals surface area (Å²) in [5.74, 6) is -12.9. The van der Waals surface area contributed by atoms with E-state index in [0.29, 0.717) is 33.3 Å². The van der Waals surface area contributed by atoms with E-state index < -0.39 is 91.9 Å². The molecule has 133 heavy (non-hydrogen) atoms. The van der Waals surface area contributed by atoms with Crippen molar-refractivity contribution in [1.29, 1.82) is 0 Å². The summed E-state index contributed by atoms with van der Waals surface area (Å²) in [6, 6.07) is 48.9. The molecule has 0 atom stereocenters. The third kappa shape index (κ3) is 42.2. The minimum Gasteiger partial charge on any atom is -0.207 e. The maximum Gasteiger partial charge on any atom is 0.194 e. The van der Waals surface area contributed by atoms with Crippen molar-refractivity contribution in [2.75, 3.05) is 0 Å². The lowest BCUT2D eigenvalue weighted by atomic mass is 9.84. The number of hydrogen-bond acceptors (Lipinski definition) is 0. The van der Waals surface area contributed by atoms with Crippen LogP contribution in [0.25, 0.3) is 0 Å². The fourth-order valence-electron chi connectivity index (χ4n) is 12.1. The van der Waals surface area contributed by atoms with E-state index in [2.05, 4.69) is 151 Å². The molecule has 0 bridgehead atoms. The fourth-order valence-corrected chi connectivity index (χ4v) is 12.9. The smallest absolute Gasteiger partial charge is 0.194 e. The monoisotopic (exact) mass is 1970 g/mol. The van der Waals surface area contributed by atoms with Crippen LogP contribution in [0.15, 0.2) is 199 Å². The van der Waals surface area contributed by atoms with Crippen LogP contribution in [0.2, 0.25) is 10.0 Å². The van der Waals surface area contributed by atoms with Crippen LogP contribution < -0.4 is 0 Å². The van der Waals surface area contributed by atoms with E-state index in [1.165, 1.54) is 89.0 Å². The van der Waals surface area contributed by atoms with E-state index in [-0.39, 0.29) is 99.1 Å². The van der Waals surface area contributed by atoms with Crippen molar-refractivity contribution in [1.82, 2.24) is 0 Å². The van der Waals surface area contributed by atoms with Gasteiger partial charge in [-0.05, 0) is 235 Å². The summed E-state index contributed by atoms with van der Waals surface area (Å²) in [6.07, 6.45) is 0. The first-order valence-electron chi connectivity index (χ1n) is 43.3. The Morgan fingerprint density at radius 1 is 0.188 bits per heavy atom. The molecular formula is C112H137BrCl2F18. The highest BCUT2D eigenvalue weighted by Gasteiger charge is 2.28. The third-order valence-electron chi connectivity index (χ3n) is 19.9. The van der Waals surface area contributed by atoms with Crippen molar-refractivity contribution in [3.05, 3.63) is 386 Å². The van der Waals surface area contributed by atoms with Gasteiger partial charge in [-0.15, -0.1) is 0 Å². The Labute approximate surface area is 800 Å². The molecule has 0 aliphatic heterocycles. The summed E-state index contributed by atoms with van der Waals surface area (Å²) >= 11 is 14.5. The Morgan fingerprint density at radius 2 is 0.526 bits per heavy atom. The fraction of sp³-hybridized carbons (Fsp3) is 0.411. The molecule has 0 N–H and O–H groups in total. The molecule has 0 saturated heterocycles. The molecule has 11 rings (SSSR count). The predicted octanol–water partition coefficient (Wildman–Crippen LogP) is 38.0. The zero-order valence-electron chi connectivity index (χ0n) is 83.9. The Kier molecular flexibility index (Phi) is 46.3. The average molecular weight is 1980 g/mol. The first-order chi connectivity index (χ1) is 60.0. The predicted molar refractivity (Wildman–Crippen MR) is 523 cm³/mol. The van der Waals surface area contributed by atoms with Gasteiger partial charge < -0.3 is 0 Å². The largest absolute Gasteiger partial charge is 0.207 e. The van der Waals surface area contributed by atoms with Gasteiger partial charge in [0, 0.05) is 29.3 Å². The standard InChI is InChI=1S/C11H15F.C11H16.C10H12BrF.2C10H12ClF.3C10H11F3.2C10H12F2.C10H13F/c1-8-7-9(11(2,3)4)5-6-10(8)12;1-9-7-5-6-8-10(9)11(2,3)4;2*1-10(2,3)7-4-5-9(12)8(11)6-7;1-10(2,3)7-5-4-6-8(11)9(7)12;1-10(2,3)9-7(12)4-6(11)5-8(9)13;1-10(2,3)6-4-7(11)9(13)8(12)5-6;1-10(2,3)6-4-5-7(11)9(13)8(6)12;1-10(2,3)8-5-4-7(11)6-9(8)12;1-10(2,3)9-7(11)5-4-6-8(9)12;1-10(2,3)8-4-6-9(11)7-5-8/h5-7H,1-4H3;5-8H,1-4H3;3*4-6H,1-3H3;3*4-5H,1-3H3;2*4-6H,1-3H3;4-7H,1-3H3. The lowest BCUT2D eigenvalue weighted by Crippen LogP contribution is -2.16. The van der Waals surface area contributed by atoms with Gasteiger partial charge in [-0.2, -0.15) is 0 Å². The zero-order chi connectivity index (χ0) is 104. The van der Waals surface area contributed by atoms with Gasteiger partial charge in [0.2, 0.25) is 0 Å². The average Bonchev–Trinajstić information content (AvgIpc) is 0.767. The molecule has 0 fully saturated rings. The molecule has 0 spiro atoms. The highest BCUT2D eigenvalue weighted by atomic mass is 79.9. The highest BCUT2D eigenvalue weighted by Crippen LogP contribution is 2.36. The molecule has 0 aliphatic carbocycles. The first-order valence-corrected chi connectivity index (χ1v) is 44.8. The summed E-state index contributed by atoms with van der Waals surface area (Å²) in [5, 5.41) is 0.393.